The van der Waals surface area contributed by atoms with Crippen molar-refractivity contribution in [3.8, 4) is 0 Å². The standard InChI is InChI=1S/C14H18ClN3O5S/c1-16-13(19)14(20)17-9-12-18(7-2-8-23-12)24(21,22)11-5-3-10(15)4-6-11/h3-6,12H,2,7-9H2,1H3,(H,16,19)(H,17,20). The average Bonchev–Trinajstić information content (AvgIpc) is 2.59. The quantitative estimate of drug-likeness (QED) is 0.717. The van der Waals surface area contributed by atoms with Crippen molar-refractivity contribution in [2.24, 2.45) is 0 Å². The first-order valence-electron chi connectivity index (χ1n) is 7.25. The molecule has 0 spiro atoms. The third-order valence-corrected chi connectivity index (χ3v) is 5.60. The fraction of sp³-hybridized carbons (Fsp3) is 0.429. The summed E-state index contributed by atoms with van der Waals surface area (Å²) < 4.78 is 32.1. The Bertz CT molecular complexity index is 708. The number of sulfonamides is 1. The molecule has 24 heavy (non-hydrogen) atoms. The summed E-state index contributed by atoms with van der Waals surface area (Å²) in [7, 11) is -2.47. The van der Waals surface area contributed by atoms with Crippen LogP contribution in [0.3, 0.4) is 0 Å². The minimum Gasteiger partial charge on any atom is -0.360 e. The molecular weight excluding hydrogens is 358 g/mol. The Labute approximate surface area is 145 Å². The summed E-state index contributed by atoms with van der Waals surface area (Å²) in [5.74, 6) is -1.66. The molecule has 1 aliphatic rings. The molecule has 0 bridgehead atoms. The van der Waals surface area contributed by atoms with Crippen LogP contribution < -0.4 is 10.6 Å². The number of rotatable bonds is 4. The fourth-order valence-corrected chi connectivity index (χ4v) is 3.91. The largest absolute Gasteiger partial charge is 0.360 e. The molecular formula is C14H18ClN3O5S. The van der Waals surface area contributed by atoms with E-state index in [1.807, 2.05) is 0 Å². The minimum absolute atomic E-state index is 0.0834. The lowest BCUT2D eigenvalue weighted by molar-refractivity contribution is -0.139. The Morgan fingerprint density at radius 2 is 1.96 bits per heavy atom. The van der Waals surface area contributed by atoms with Gasteiger partial charge in [-0.15, -0.1) is 0 Å². The molecule has 2 rings (SSSR count). The summed E-state index contributed by atoms with van der Waals surface area (Å²) in [5, 5.41) is 4.98. The summed E-state index contributed by atoms with van der Waals surface area (Å²) in [5.41, 5.74) is 0. The normalized spacial score (nSPS) is 18.8. The van der Waals surface area contributed by atoms with E-state index >= 15 is 0 Å². The van der Waals surface area contributed by atoms with Gasteiger partial charge in [-0.2, -0.15) is 4.31 Å². The van der Waals surface area contributed by atoms with Crippen LogP contribution in [-0.2, 0) is 24.3 Å². The van der Waals surface area contributed by atoms with Gasteiger partial charge in [0.05, 0.1) is 18.0 Å². The van der Waals surface area contributed by atoms with Crippen LogP contribution in [0.1, 0.15) is 6.42 Å². The number of halogens is 1. The average molecular weight is 376 g/mol. The maximum absolute atomic E-state index is 12.8. The molecule has 1 unspecified atom stereocenters. The monoisotopic (exact) mass is 375 g/mol. The van der Waals surface area contributed by atoms with Gasteiger partial charge in [0.15, 0.2) is 0 Å². The van der Waals surface area contributed by atoms with Gasteiger partial charge in [-0.25, -0.2) is 8.42 Å². The van der Waals surface area contributed by atoms with Gasteiger partial charge in [0.25, 0.3) is 0 Å². The van der Waals surface area contributed by atoms with E-state index in [-0.39, 0.29) is 18.0 Å². The predicted molar refractivity (Wildman–Crippen MR) is 86.8 cm³/mol. The van der Waals surface area contributed by atoms with Gasteiger partial charge in [0, 0.05) is 18.6 Å². The number of amides is 2. The Kier molecular flexibility index (Phi) is 6.16. The Hall–Kier alpha value is -1.68. The van der Waals surface area contributed by atoms with Crippen molar-refractivity contribution in [2.75, 3.05) is 26.7 Å². The topological polar surface area (TPSA) is 105 Å². The summed E-state index contributed by atoms with van der Waals surface area (Å²) in [4.78, 5) is 22.8. The maximum atomic E-state index is 12.8. The number of hydrogen-bond donors (Lipinski definition) is 2. The lowest BCUT2D eigenvalue weighted by atomic mass is 10.3. The first-order valence-corrected chi connectivity index (χ1v) is 9.07. The molecule has 0 radical (unpaired) electrons. The van der Waals surface area contributed by atoms with Crippen molar-refractivity contribution in [1.29, 1.82) is 0 Å². The molecule has 1 saturated heterocycles. The SMILES string of the molecule is CNC(=O)C(=O)NCC1OCCCN1S(=O)(=O)c1ccc(Cl)cc1. The zero-order valence-corrected chi connectivity index (χ0v) is 14.6. The molecule has 1 atom stereocenters. The predicted octanol–water partition coefficient (Wildman–Crippen LogP) is -0.0607. The van der Waals surface area contributed by atoms with Crippen LogP contribution >= 0.6 is 11.6 Å². The molecule has 1 aromatic carbocycles. The fourth-order valence-electron chi connectivity index (χ4n) is 2.22. The van der Waals surface area contributed by atoms with Crippen molar-refractivity contribution in [1.82, 2.24) is 14.9 Å². The molecule has 0 aromatic heterocycles. The van der Waals surface area contributed by atoms with E-state index in [2.05, 4.69) is 10.6 Å². The highest BCUT2D eigenvalue weighted by Crippen LogP contribution is 2.23. The van der Waals surface area contributed by atoms with E-state index in [1.165, 1.54) is 35.6 Å². The van der Waals surface area contributed by atoms with Crippen LogP contribution in [0.5, 0.6) is 0 Å². The van der Waals surface area contributed by atoms with E-state index in [4.69, 9.17) is 16.3 Å². The van der Waals surface area contributed by atoms with Gasteiger partial charge >= 0.3 is 11.8 Å². The highest BCUT2D eigenvalue weighted by atomic mass is 35.5. The van der Waals surface area contributed by atoms with Gasteiger partial charge in [0.2, 0.25) is 10.0 Å². The number of likely N-dealkylation sites (N-methyl/N-ethyl adjacent to an activating group) is 1. The molecule has 10 heteroatoms. The van der Waals surface area contributed by atoms with Crippen LogP contribution in [0, 0.1) is 0 Å². The van der Waals surface area contributed by atoms with Gasteiger partial charge in [-0.05, 0) is 30.7 Å². The summed E-state index contributed by atoms with van der Waals surface area (Å²) in [6.45, 7) is 0.498. The van der Waals surface area contributed by atoms with Crippen LogP contribution in [0.15, 0.2) is 29.2 Å². The van der Waals surface area contributed by atoms with E-state index < -0.39 is 28.1 Å². The smallest absolute Gasteiger partial charge is 0.309 e. The van der Waals surface area contributed by atoms with E-state index in [1.54, 1.807) is 0 Å². The number of nitrogens with zero attached hydrogens (tertiary/aromatic N) is 1. The molecule has 1 aliphatic heterocycles. The van der Waals surface area contributed by atoms with Crippen molar-refractivity contribution in [3.05, 3.63) is 29.3 Å². The Balaban J connectivity index is 2.14. The number of carbonyl (C=O) groups excluding carboxylic acids is 2. The van der Waals surface area contributed by atoms with Gasteiger partial charge in [-0.3, -0.25) is 9.59 Å². The van der Waals surface area contributed by atoms with Gasteiger partial charge < -0.3 is 15.4 Å². The molecule has 132 valence electrons. The highest BCUT2D eigenvalue weighted by Gasteiger charge is 2.34. The molecule has 0 aliphatic carbocycles. The first-order chi connectivity index (χ1) is 11.4. The lowest BCUT2D eigenvalue weighted by Gasteiger charge is -2.34. The third kappa shape index (κ3) is 4.23. The summed E-state index contributed by atoms with van der Waals surface area (Å²) in [6, 6.07) is 5.79. The minimum atomic E-state index is -3.80. The molecule has 1 fully saturated rings. The van der Waals surface area contributed by atoms with Crippen LogP contribution in [0.2, 0.25) is 5.02 Å². The second kappa shape index (κ2) is 7.93. The van der Waals surface area contributed by atoms with E-state index in [0.29, 0.717) is 18.1 Å². The van der Waals surface area contributed by atoms with Gasteiger partial charge in [-0.1, -0.05) is 11.6 Å². The number of carbonyl (C=O) groups is 2. The van der Waals surface area contributed by atoms with E-state index in [0.717, 1.165) is 0 Å². The maximum Gasteiger partial charge on any atom is 0.309 e. The molecule has 2 amide bonds. The molecule has 2 N–H and O–H groups in total. The second-order valence-corrected chi connectivity index (χ2v) is 7.36. The first kappa shape index (κ1) is 18.7. The Morgan fingerprint density at radius 3 is 2.58 bits per heavy atom. The van der Waals surface area contributed by atoms with Crippen molar-refractivity contribution in [2.45, 2.75) is 17.5 Å². The van der Waals surface area contributed by atoms with Crippen molar-refractivity contribution in [3.63, 3.8) is 0 Å². The number of benzene rings is 1. The number of hydrogen-bond acceptors (Lipinski definition) is 5. The van der Waals surface area contributed by atoms with Crippen molar-refractivity contribution < 1.29 is 22.7 Å². The number of ether oxygens (including phenoxy) is 1. The molecule has 1 aromatic rings. The highest BCUT2D eigenvalue weighted by molar-refractivity contribution is 7.89. The van der Waals surface area contributed by atoms with Crippen molar-refractivity contribution >= 4 is 33.4 Å². The summed E-state index contributed by atoms with van der Waals surface area (Å²) in [6.07, 6.45) is -0.347. The zero-order chi connectivity index (χ0) is 17.7. The van der Waals surface area contributed by atoms with E-state index in [9.17, 15) is 18.0 Å². The summed E-state index contributed by atoms with van der Waals surface area (Å²) >= 11 is 5.79. The third-order valence-electron chi connectivity index (χ3n) is 3.45. The molecule has 1 heterocycles. The number of nitrogens with one attached hydrogen (secondary N) is 2. The Morgan fingerprint density at radius 1 is 1.29 bits per heavy atom. The zero-order valence-electron chi connectivity index (χ0n) is 13.0. The van der Waals surface area contributed by atoms with Crippen LogP contribution in [-0.4, -0.2) is 57.5 Å². The lowest BCUT2D eigenvalue weighted by Crippen LogP contribution is -2.52. The molecule has 8 nitrogen and oxygen atoms in total. The second-order valence-electron chi connectivity index (χ2n) is 5.04. The van der Waals surface area contributed by atoms with Gasteiger partial charge in [0.1, 0.15) is 6.23 Å². The van der Waals surface area contributed by atoms with Crippen LogP contribution in [0.4, 0.5) is 0 Å². The van der Waals surface area contributed by atoms with Crippen LogP contribution in [0.25, 0.3) is 0 Å². The molecule has 0 saturated carbocycles.